The molecule has 8 heteroatoms. The zero-order valence-corrected chi connectivity index (χ0v) is 14.0. The maximum Gasteiger partial charge on any atom is 0.328 e. The number of amides is 4. The predicted molar refractivity (Wildman–Crippen MR) is 91.8 cm³/mol. The lowest BCUT2D eigenvalue weighted by Crippen LogP contribution is -2.51. The number of urea groups is 1. The van der Waals surface area contributed by atoms with Gasteiger partial charge in [-0.15, -0.1) is 0 Å². The summed E-state index contributed by atoms with van der Waals surface area (Å²) in [4.78, 5) is 34.5. The molecule has 3 rings (SSSR count). The number of imide groups is 2. The first-order valence-electron chi connectivity index (χ1n) is 7.47. The minimum atomic E-state index is -0.861. The minimum Gasteiger partial charge on any atom is -0.487 e. The van der Waals surface area contributed by atoms with Crippen LogP contribution in [-0.2, 0) is 16.2 Å². The SMILES string of the molecule is O=C1NC(=O)C(=Cc2ccc(OCc3ccc(F)cc3)c(Cl)c2)C(=O)N1. The number of hydrogen-bond acceptors (Lipinski definition) is 4. The highest BCUT2D eigenvalue weighted by Crippen LogP contribution is 2.27. The molecule has 0 aromatic heterocycles. The molecule has 0 atom stereocenters. The summed E-state index contributed by atoms with van der Waals surface area (Å²) in [5.74, 6) is -1.51. The predicted octanol–water partition coefficient (Wildman–Crippen LogP) is 2.81. The third kappa shape index (κ3) is 4.07. The summed E-state index contributed by atoms with van der Waals surface area (Å²) in [6.45, 7) is 0.202. The molecular formula is C18H12ClFN2O4. The van der Waals surface area contributed by atoms with Gasteiger partial charge in [0.25, 0.3) is 11.8 Å². The van der Waals surface area contributed by atoms with Crippen LogP contribution in [0.3, 0.4) is 0 Å². The molecule has 1 aliphatic rings. The van der Waals surface area contributed by atoms with Crippen LogP contribution in [0.1, 0.15) is 11.1 Å². The molecule has 1 aliphatic heterocycles. The summed E-state index contributed by atoms with van der Waals surface area (Å²) in [5.41, 5.74) is 1.05. The second kappa shape index (κ2) is 7.37. The average molecular weight is 375 g/mol. The monoisotopic (exact) mass is 374 g/mol. The van der Waals surface area contributed by atoms with Gasteiger partial charge in [-0.1, -0.05) is 29.8 Å². The largest absolute Gasteiger partial charge is 0.487 e. The van der Waals surface area contributed by atoms with E-state index in [2.05, 4.69) is 0 Å². The van der Waals surface area contributed by atoms with Gasteiger partial charge in [0.2, 0.25) is 0 Å². The topological polar surface area (TPSA) is 84.5 Å². The Kier molecular flexibility index (Phi) is 4.99. The van der Waals surface area contributed by atoms with Crippen LogP contribution in [0.4, 0.5) is 9.18 Å². The van der Waals surface area contributed by atoms with Crippen molar-refractivity contribution in [1.29, 1.82) is 0 Å². The highest BCUT2D eigenvalue weighted by atomic mass is 35.5. The summed E-state index contributed by atoms with van der Waals surface area (Å²) < 4.78 is 18.5. The van der Waals surface area contributed by atoms with Gasteiger partial charge in [-0.2, -0.15) is 0 Å². The summed E-state index contributed by atoms with van der Waals surface area (Å²) in [7, 11) is 0. The number of rotatable bonds is 4. The van der Waals surface area contributed by atoms with Gasteiger partial charge in [0, 0.05) is 0 Å². The van der Waals surface area contributed by atoms with Crippen molar-refractivity contribution in [2.45, 2.75) is 6.61 Å². The van der Waals surface area contributed by atoms with Gasteiger partial charge in [0.05, 0.1) is 5.02 Å². The molecule has 0 aliphatic carbocycles. The van der Waals surface area contributed by atoms with Crippen molar-refractivity contribution < 1.29 is 23.5 Å². The lowest BCUT2D eigenvalue weighted by molar-refractivity contribution is -0.123. The molecule has 26 heavy (non-hydrogen) atoms. The van der Waals surface area contributed by atoms with Crippen LogP contribution in [0, 0.1) is 5.82 Å². The molecule has 0 unspecified atom stereocenters. The van der Waals surface area contributed by atoms with Gasteiger partial charge in [-0.25, -0.2) is 9.18 Å². The lowest BCUT2D eigenvalue weighted by Gasteiger charge is -2.14. The van der Waals surface area contributed by atoms with E-state index in [1.54, 1.807) is 24.3 Å². The Labute approximate surface area is 152 Å². The molecule has 0 radical (unpaired) electrons. The minimum absolute atomic E-state index is 0.202. The van der Waals surface area contributed by atoms with Gasteiger partial charge < -0.3 is 4.74 Å². The van der Waals surface area contributed by atoms with Crippen molar-refractivity contribution in [2.75, 3.05) is 0 Å². The van der Waals surface area contributed by atoms with Crippen LogP contribution in [0.5, 0.6) is 5.75 Å². The highest BCUT2D eigenvalue weighted by molar-refractivity contribution is 6.33. The van der Waals surface area contributed by atoms with Crippen molar-refractivity contribution >= 4 is 35.5 Å². The average Bonchev–Trinajstić information content (AvgIpc) is 2.59. The summed E-state index contributed by atoms with van der Waals surface area (Å²) in [6.07, 6.45) is 1.31. The van der Waals surface area contributed by atoms with Gasteiger partial charge in [-0.05, 0) is 41.5 Å². The van der Waals surface area contributed by atoms with E-state index in [4.69, 9.17) is 16.3 Å². The number of halogens is 2. The van der Waals surface area contributed by atoms with Crippen LogP contribution in [0.25, 0.3) is 6.08 Å². The molecule has 2 aromatic carbocycles. The van der Waals surface area contributed by atoms with E-state index in [1.165, 1.54) is 24.3 Å². The van der Waals surface area contributed by atoms with Crippen LogP contribution < -0.4 is 15.4 Å². The van der Waals surface area contributed by atoms with Crippen molar-refractivity contribution in [2.24, 2.45) is 0 Å². The maximum absolute atomic E-state index is 12.9. The number of carbonyl (C=O) groups is 3. The second-order valence-electron chi connectivity index (χ2n) is 5.40. The molecular weight excluding hydrogens is 363 g/mol. The molecule has 1 heterocycles. The quantitative estimate of drug-likeness (QED) is 0.636. The highest BCUT2D eigenvalue weighted by Gasteiger charge is 2.27. The Morgan fingerprint density at radius 2 is 1.65 bits per heavy atom. The van der Waals surface area contributed by atoms with E-state index in [9.17, 15) is 18.8 Å². The van der Waals surface area contributed by atoms with Crippen molar-refractivity contribution in [3.05, 3.63) is 70.0 Å². The Bertz CT molecular complexity index is 903. The number of ether oxygens (including phenoxy) is 1. The molecule has 0 spiro atoms. The molecule has 1 fully saturated rings. The molecule has 2 N–H and O–H groups in total. The molecule has 132 valence electrons. The van der Waals surface area contributed by atoms with Gasteiger partial charge >= 0.3 is 6.03 Å². The normalized spacial score (nSPS) is 13.9. The Hall–Kier alpha value is -3.19. The van der Waals surface area contributed by atoms with Crippen LogP contribution >= 0.6 is 11.6 Å². The van der Waals surface area contributed by atoms with Gasteiger partial charge in [-0.3, -0.25) is 20.2 Å². The van der Waals surface area contributed by atoms with Crippen LogP contribution in [0.2, 0.25) is 5.02 Å². The first kappa shape index (κ1) is 17.6. The Morgan fingerprint density at radius 3 is 2.27 bits per heavy atom. The number of nitrogens with one attached hydrogen (secondary N) is 2. The molecule has 0 saturated carbocycles. The van der Waals surface area contributed by atoms with Gasteiger partial charge in [0.15, 0.2) is 0 Å². The van der Waals surface area contributed by atoms with E-state index >= 15 is 0 Å². The van der Waals surface area contributed by atoms with Gasteiger partial charge in [0.1, 0.15) is 23.7 Å². The summed E-state index contributed by atoms with van der Waals surface area (Å²) in [5, 5.41) is 4.24. The zero-order chi connectivity index (χ0) is 18.7. The fraction of sp³-hybridized carbons (Fsp3) is 0.0556. The maximum atomic E-state index is 12.9. The van der Waals surface area contributed by atoms with Crippen LogP contribution in [0.15, 0.2) is 48.0 Å². The smallest absolute Gasteiger partial charge is 0.328 e. The molecule has 6 nitrogen and oxygen atoms in total. The van der Waals surface area contributed by atoms with E-state index in [0.717, 1.165) is 5.56 Å². The van der Waals surface area contributed by atoms with Crippen LogP contribution in [-0.4, -0.2) is 17.8 Å². The lowest BCUT2D eigenvalue weighted by atomic mass is 10.1. The Morgan fingerprint density at radius 1 is 1.00 bits per heavy atom. The van der Waals surface area contributed by atoms with Crippen molar-refractivity contribution in [3.8, 4) is 5.75 Å². The van der Waals surface area contributed by atoms with E-state index in [0.29, 0.717) is 11.3 Å². The molecule has 0 bridgehead atoms. The number of barbiturate groups is 1. The number of benzene rings is 2. The molecule has 1 saturated heterocycles. The van der Waals surface area contributed by atoms with E-state index in [1.807, 2.05) is 10.6 Å². The third-order valence-corrected chi connectivity index (χ3v) is 3.81. The number of carbonyl (C=O) groups excluding carboxylic acids is 3. The zero-order valence-electron chi connectivity index (χ0n) is 13.2. The van der Waals surface area contributed by atoms with E-state index in [-0.39, 0.29) is 23.0 Å². The molecule has 2 aromatic rings. The summed E-state index contributed by atoms with van der Waals surface area (Å²) in [6, 6.07) is 9.72. The summed E-state index contributed by atoms with van der Waals surface area (Å²) >= 11 is 6.17. The van der Waals surface area contributed by atoms with E-state index < -0.39 is 17.8 Å². The number of hydrogen-bond donors (Lipinski definition) is 2. The first-order chi connectivity index (χ1) is 12.4. The fourth-order valence-corrected chi connectivity index (χ4v) is 2.48. The first-order valence-corrected chi connectivity index (χ1v) is 7.85. The molecule has 4 amide bonds. The second-order valence-corrected chi connectivity index (χ2v) is 5.81. The Balaban J connectivity index is 1.74. The third-order valence-electron chi connectivity index (χ3n) is 3.52. The fourth-order valence-electron chi connectivity index (χ4n) is 2.24. The van der Waals surface area contributed by atoms with Crippen molar-refractivity contribution in [3.63, 3.8) is 0 Å². The van der Waals surface area contributed by atoms with Crippen molar-refractivity contribution in [1.82, 2.24) is 10.6 Å². The standard InChI is InChI=1S/C18H12ClFN2O4/c19-14-8-11(7-13-16(23)21-18(25)22-17(13)24)3-6-15(14)26-9-10-1-4-12(20)5-2-10/h1-8H,9H2,(H2,21,22,23,24,25).